The lowest BCUT2D eigenvalue weighted by Crippen LogP contribution is -2.45. The maximum absolute atomic E-state index is 11.6. The largest absolute Gasteiger partial charge is 0.444 e. The Morgan fingerprint density at radius 3 is 2.00 bits per heavy atom. The van der Waals surface area contributed by atoms with Crippen molar-refractivity contribution in [3.8, 4) is 0 Å². The van der Waals surface area contributed by atoms with Gasteiger partial charge in [0.05, 0.1) is 0 Å². The van der Waals surface area contributed by atoms with E-state index in [1.165, 1.54) is 0 Å². The van der Waals surface area contributed by atoms with E-state index in [-0.39, 0.29) is 5.41 Å². The Bertz CT molecular complexity index is 301. The number of rotatable bonds is 3. The van der Waals surface area contributed by atoms with Crippen LogP contribution in [0.15, 0.2) is 0 Å². The van der Waals surface area contributed by atoms with Crippen molar-refractivity contribution in [2.45, 2.75) is 59.6 Å². The highest BCUT2D eigenvalue weighted by atomic mass is 17.1. The van der Waals surface area contributed by atoms with Gasteiger partial charge in [0.15, 0.2) is 0 Å². The standard InChI is InChI=1S/C12H23NO5/c1-11(2,3)7-8(9(14)18-16)13-10(15)17-12(4,5)6/h8,16H,7H2,1-6H3,(H,13,15). The molecule has 0 aromatic heterocycles. The number of carbonyl (C=O) groups excluding carboxylic acids is 2. The van der Waals surface area contributed by atoms with Crippen LogP contribution in [0, 0.1) is 5.41 Å². The van der Waals surface area contributed by atoms with E-state index < -0.39 is 23.7 Å². The van der Waals surface area contributed by atoms with Crippen molar-refractivity contribution in [2.75, 3.05) is 0 Å². The Morgan fingerprint density at radius 1 is 1.17 bits per heavy atom. The van der Waals surface area contributed by atoms with Gasteiger partial charge >= 0.3 is 12.1 Å². The summed E-state index contributed by atoms with van der Waals surface area (Å²) in [6, 6.07) is -0.940. The zero-order valence-corrected chi connectivity index (χ0v) is 11.9. The van der Waals surface area contributed by atoms with E-state index in [2.05, 4.69) is 10.2 Å². The van der Waals surface area contributed by atoms with Crippen molar-refractivity contribution in [1.82, 2.24) is 5.32 Å². The predicted molar refractivity (Wildman–Crippen MR) is 66.0 cm³/mol. The number of nitrogens with one attached hydrogen (secondary N) is 1. The molecule has 0 aliphatic carbocycles. The Balaban J connectivity index is 4.61. The lowest BCUT2D eigenvalue weighted by atomic mass is 9.88. The first-order valence-electron chi connectivity index (χ1n) is 5.79. The fourth-order valence-corrected chi connectivity index (χ4v) is 1.32. The monoisotopic (exact) mass is 261 g/mol. The second-order valence-electron chi connectivity index (χ2n) is 6.37. The van der Waals surface area contributed by atoms with Crippen LogP contribution in [0.3, 0.4) is 0 Å². The van der Waals surface area contributed by atoms with E-state index in [9.17, 15) is 9.59 Å². The van der Waals surface area contributed by atoms with E-state index in [0.29, 0.717) is 6.42 Å². The third kappa shape index (κ3) is 7.89. The maximum atomic E-state index is 11.6. The smallest absolute Gasteiger partial charge is 0.408 e. The Morgan fingerprint density at radius 2 is 1.67 bits per heavy atom. The number of carbonyl (C=O) groups is 2. The normalized spacial score (nSPS) is 13.7. The first-order chi connectivity index (χ1) is 7.94. The summed E-state index contributed by atoms with van der Waals surface area (Å²) in [5.41, 5.74) is -0.868. The summed E-state index contributed by atoms with van der Waals surface area (Å²) in [5.74, 6) is -0.907. The van der Waals surface area contributed by atoms with Gasteiger partial charge in [-0.2, -0.15) is 5.26 Å². The summed E-state index contributed by atoms with van der Waals surface area (Å²) >= 11 is 0. The van der Waals surface area contributed by atoms with Crippen LogP contribution in [0.1, 0.15) is 48.0 Å². The molecule has 2 N–H and O–H groups in total. The first kappa shape index (κ1) is 16.7. The molecule has 6 heteroatoms. The van der Waals surface area contributed by atoms with Crippen LogP contribution in [0.5, 0.6) is 0 Å². The molecule has 6 nitrogen and oxygen atoms in total. The van der Waals surface area contributed by atoms with Gasteiger partial charge in [-0.05, 0) is 32.6 Å². The van der Waals surface area contributed by atoms with Crippen LogP contribution in [-0.4, -0.2) is 29.0 Å². The zero-order valence-electron chi connectivity index (χ0n) is 11.9. The third-order valence-corrected chi connectivity index (χ3v) is 1.88. The lowest BCUT2D eigenvalue weighted by molar-refractivity contribution is -0.237. The molecular weight excluding hydrogens is 238 g/mol. The van der Waals surface area contributed by atoms with Gasteiger partial charge in [-0.15, -0.1) is 0 Å². The van der Waals surface area contributed by atoms with Gasteiger partial charge in [-0.1, -0.05) is 20.8 Å². The second kappa shape index (κ2) is 6.04. The fraction of sp³-hybridized carbons (Fsp3) is 0.833. The molecule has 0 aliphatic heterocycles. The molecule has 106 valence electrons. The minimum Gasteiger partial charge on any atom is -0.444 e. The Labute approximate surface area is 108 Å². The van der Waals surface area contributed by atoms with Crippen LogP contribution in [0.4, 0.5) is 4.79 Å². The molecule has 0 spiro atoms. The molecule has 0 aliphatic rings. The highest BCUT2D eigenvalue weighted by Crippen LogP contribution is 2.21. The molecule has 0 saturated heterocycles. The van der Waals surface area contributed by atoms with Crippen molar-refractivity contribution in [2.24, 2.45) is 5.41 Å². The summed E-state index contributed by atoms with van der Waals surface area (Å²) in [6.07, 6.45) is -0.395. The first-order valence-corrected chi connectivity index (χ1v) is 5.79. The van der Waals surface area contributed by atoms with Crippen LogP contribution >= 0.6 is 0 Å². The van der Waals surface area contributed by atoms with E-state index in [0.717, 1.165) is 0 Å². The van der Waals surface area contributed by atoms with Crippen LogP contribution < -0.4 is 5.32 Å². The molecule has 0 aromatic carbocycles. The summed E-state index contributed by atoms with van der Waals surface area (Å²) in [4.78, 5) is 26.6. The van der Waals surface area contributed by atoms with Crippen molar-refractivity contribution >= 4 is 12.1 Å². The van der Waals surface area contributed by atoms with Crippen molar-refractivity contribution < 1.29 is 24.5 Å². The highest BCUT2D eigenvalue weighted by Gasteiger charge is 2.29. The molecule has 0 rings (SSSR count). The minimum atomic E-state index is -0.940. The van der Waals surface area contributed by atoms with Crippen molar-refractivity contribution in [1.29, 1.82) is 0 Å². The number of ether oxygens (including phenoxy) is 1. The molecule has 1 unspecified atom stereocenters. The molecule has 0 bridgehead atoms. The van der Waals surface area contributed by atoms with Crippen molar-refractivity contribution in [3.05, 3.63) is 0 Å². The number of hydrogen-bond donors (Lipinski definition) is 2. The number of amides is 1. The Hall–Kier alpha value is -1.30. The number of alkyl carbamates (subject to hydrolysis) is 1. The molecule has 0 aromatic rings. The van der Waals surface area contributed by atoms with Gasteiger partial charge in [0.2, 0.25) is 0 Å². The molecule has 1 atom stereocenters. The van der Waals surface area contributed by atoms with Gasteiger partial charge < -0.3 is 10.1 Å². The zero-order chi connectivity index (χ0) is 14.6. The number of hydrogen-bond acceptors (Lipinski definition) is 5. The van der Waals surface area contributed by atoms with Gasteiger partial charge in [0.25, 0.3) is 0 Å². The maximum Gasteiger partial charge on any atom is 0.408 e. The van der Waals surface area contributed by atoms with Gasteiger partial charge in [0, 0.05) is 0 Å². The molecule has 18 heavy (non-hydrogen) atoms. The van der Waals surface area contributed by atoms with E-state index in [4.69, 9.17) is 9.99 Å². The molecule has 1 amide bonds. The van der Waals surface area contributed by atoms with Gasteiger partial charge in [0.1, 0.15) is 11.6 Å². The molecular formula is C12H23NO5. The molecule has 0 saturated carbocycles. The van der Waals surface area contributed by atoms with E-state index in [1.54, 1.807) is 20.8 Å². The average Bonchev–Trinajstić information content (AvgIpc) is 2.10. The Kier molecular flexibility index (Phi) is 5.60. The summed E-state index contributed by atoms with van der Waals surface area (Å²) in [6.45, 7) is 10.9. The fourth-order valence-electron chi connectivity index (χ4n) is 1.32. The summed E-state index contributed by atoms with van der Waals surface area (Å²) in [7, 11) is 0. The van der Waals surface area contributed by atoms with E-state index >= 15 is 0 Å². The topological polar surface area (TPSA) is 84.9 Å². The summed E-state index contributed by atoms with van der Waals surface area (Å²) in [5, 5.41) is 10.8. The SMILES string of the molecule is CC(C)(C)CC(NC(=O)OC(C)(C)C)C(=O)OO. The van der Waals surface area contributed by atoms with E-state index in [1.807, 2.05) is 20.8 Å². The van der Waals surface area contributed by atoms with Gasteiger partial charge in [-0.25, -0.2) is 9.59 Å². The molecule has 0 heterocycles. The second-order valence-corrected chi connectivity index (χ2v) is 6.37. The predicted octanol–water partition coefficient (Wildman–Crippen LogP) is 2.33. The summed E-state index contributed by atoms with van der Waals surface area (Å²) < 4.78 is 5.04. The lowest BCUT2D eigenvalue weighted by Gasteiger charge is -2.26. The molecule has 0 radical (unpaired) electrons. The molecule has 0 fully saturated rings. The third-order valence-electron chi connectivity index (χ3n) is 1.88. The quantitative estimate of drug-likeness (QED) is 0.601. The van der Waals surface area contributed by atoms with Crippen LogP contribution in [0.25, 0.3) is 0 Å². The van der Waals surface area contributed by atoms with Crippen molar-refractivity contribution in [3.63, 3.8) is 0 Å². The highest BCUT2D eigenvalue weighted by molar-refractivity contribution is 5.81. The van der Waals surface area contributed by atoms with Crippen LogP contribution in [0.2, 0.25) is 0 Å². The minimum absolute atomic E-state index is 0.214. The van der Waals surface area contributed by atoms with Gasteiger partial charge in [-0.3, -0.25) is 4.89 Å². The average molecular weight is 261 g/mol. The van der Waals surface area contributed by atoms with Crippen LogP contribution in [-0.2, 0) is 14.4 Å².